The molecule has 0 aliphatic heterocycles. The number of fused-ring (bicyclic) bond motifs is 1. The van der Waals surface area contributed by atoms with Crippen LogP contribution >= 0.6 is 0 Å². The van der Waals surface area contributed by atoms with E-state index in [1.54, 1.807) is 25.3 Å². The maximum Gasteiger partial charge on any atom is 0.344 e. The molecule has 0 bridgehead atoms. The number of pyridine rings is 1. The van der Waals surface area contributed by atoms with E-state index in [1.807, 2.05) is 0 Å². The average molecular weight is 345 g/mol. The Hall–Kier alpha value is -2.50. The Labute approximate surface area is 144 Å². The second-order valence-corrected chi connectivity index (χ2v) is 7.42. The summed E-state index contributed by atoms with van der Waals surface area (Å²) in [5, 5.41) is 0.0813. The van der Waals surface area contributed by atoms with E-state index in [-0.39, 0.29) is 22.6 Å². The fourth-order valence-electron chi connectivity index (χ4n) is 2.77. The molecule has 0 spiro atoms. The minimum atomic E-state index is -0.763. The number of ketones is 1. The number of aromatic nitrogens is 1. The minimum absolute atomic E-state index is 0.0636. The SMILES string of the molecule is CC(=O)c1cc2c(cc1F)c(=O)c(C(=O)OC(C)(C)C)cn2C1CC1. The summed E-state index contributed by atoms with van der Waals surface area (Å²) in [6.45, 7) is 6.41. The van der Waals surface area contributed by atoms with Gasteiger partial charge in [0, 0.05) is 17.6 Å². The van der Waals surface area contributed by atoms with Crippen molar-refractivity contribution < 1.29 is 18.7 Å². The van der Waals surface area contributed by atoms with Crippen LogP contribution < -0.4 is 5.43 Å². The van der Waals surface area contributed by atoms with E-state index >= 15 is 0 Å². The van der Waals surface area contributed by atoms with Crippen LogP contribution in [0.1, 0.15) is 67.3 Å². The molecule has 1 aliphatic carbocycles. The van der Waals surface area contributed by atoms with Gasteiger partial charge in [0.1, 0.15) is 17.0 Å². The Morgan fingerprint density at radius 2 is 1.84 bits per heavy atom. The van der Waals surface area contributed by atoms with Gasteiger partial charge in [0.05, 0.1) is 11.1 Å². The molecule has 3 rings (SSSR count). The number of Topliss-reactive ketones (excluding diaryl/α,β-unsaturated/α-hetero) is 1. The minimum Gasteiger partial charge on any atom is -0.456 e. The molecule has 1 saturated carbocycles. The highest BCUT2D eigenvalue weighted by atomic mass is 19.1. The Morgan fingerprint density at radius 1 is 1.20 bits per heavy atom. The number of carbonyl (C=O) groups excluding carboxylic acids is 2. The molecule has 0 N–H and O–H groups in total. The van der Waals surface area contributed by atoms with Crippen molar-refractivity contribution >= 4 is 22.7 Å². The summed E-state index contributed by atoms with van der Waals surface area (Å²) in [7, 11) is 0. The number of nitrogens with zero attached hydrogens (tertiary/aromatic N) is 1. The number of benzene rings is 1. The van der Waals surface area contributed by atoms with Crippen molar-refractivity contribution in [1.29, 1.82) is 0 Å². The van der Waals surface area contributed by atoms with Gasteiger partial charge in [-0.1, -0.05) is 0 Å². The van der Waals surface area contributed by atoms with Crippen LogP contribution in [-0.4, -0.2) is 21.9 Å². The van der Waals surface area contributed by atoms with Crippen LogP contribution in [0.2, 0.25) is 0 Å². The monoisotopic (exact) mass is 345 g/mol. The molecular weight excluding hydrogens is 325 g/mol. The number of hydrogen-bond donors (Lipinski definition) is 0. The molecule has 0 atom stereocenters. The standard InChI is InChI=1S/C19H20FNO4/c1-10(22)12-8-16-13(7-15(12)20)17(23)14(9-21(16)11-5-6-11)18(24)25-19(2,3)4/h7-9,11H,5-6H2,1-4H3. The molecule has 6 heteroatoms. The Kier molecular flexibility index (Phi) is 4.01. The van der Waals surface area contributed by atoms with Crippen LogP contribution in [0, 0.1) is 5.82 Å². The lowest BCUT2D eigenvalue weighted by Gasteiger charge is -2.20. The molecule has 1 aromatic heterocycles. The summed E-state index contributed by atoms with van der Waals surface area (Å²) >= 11 is 0. The van der Waals surface area contributed by atoms with Crippen LogP contribution in [0.4, 0.5) is 4.39 Å². The molecule has 0 radical (unpaired) electrons. The average Bonchev–Trinajstić information content (AvgIpc) is 3.30. The van der Waals surface area contributed by atoms with Gasteiger partial charge in [-0.25, -0.2) is 9.18 Å². The smallest absolute Gasteiger partial charge is 0.344 e. The molecule has 1 aliphatic rings. The first-order chi connectivity index (χ1) is 11.6. The predicted octanol–water partition coefficient (Wildman–Crippen LogP) is 3.63. The second-order valence-electron chi connectivity index (χ2n) is 7.42. The summed E-state index contributed by atoms with van der Waals surface area (Å²) in [5.41, 5.74) is -1.05. The fourth-order valence-corrected chi connectivity index (χ4v) is 2.77. The molecule has 0 amide bonds. The van der Waals surface area contributed by atoms with Crippen molar-refractivity contribution in [1.82, 2.24) is 4.57 Å². The summed E-state index contributed by atoms with van der Waals surface area (Å²) in [5.74, 6) is -1.91. The van der Waals surface area contributed by atoms with Gasteiger partial charge in [-0.05, 0) is 52.7 Å². The number of ether oxygens (including phenoxy) is 1. The zero-order chi connectivity index (χ0) is 18.5. The van der Waals surface area contributed by atoms with Gasteiger partial charge in [0.2, 0.25) is 5.43 Å². The molecule has 132 valence electrons. The normalized spacial score (nSPS) is 14.6. The van der Waals surface area contributed by atoms with Gasteiger partial charge in [-0.3, -0.25) is 9.59 Å². The van der Waals surface area contributed by atoms with E-state index in [9.17, 15) is 18.8 Å². The second kappa shape index (κ2) is 5.79. The predicted molar refractivity (Wildman–Crippen MR) is 91.6 cm³/mol. The molecule has 2 aromatic rings. The van der Waals surface area contributed by atoms with Gasteiger partial charge < -0.3 is 9.30 Å². The first kappa shape index (κ1) is 17.3. The maximum atomic E-state index is 14.2. The molecule has 25 heavy (non-hydrogen) atoms. The van der Waals surface area contributed by atoms with Crippen LogP contribution in [0.5, 0.6) is 0 Å². The maximum absolute atomic E-state index is 14.2. The third kappa shape index (κ3) is 3.34. The van der Waals surface area contributed by atoms with Crippen molar-refractivity contribution in [3.63, 3.8) is 0 Å². The number of carbonyl (C=O) groups is 2. The van der Waals surface area contributed by atoms with Crippen molar-refractivity contribution in [3.05, 3.63) is 45.5 Å². The molecule has 1 heterocycles. The number of hydrogen-bond acceptors (Lipinski definition) is 4. The van der Waals surface area contributed by atoms with Gasteiger partial charge >= 0.3 is 5.97 Å². The van der Waals surface area contributed by atoms with E-state index in [2.05, 4.69) is 0 Å². The molecular formula is C19H20FNO4. The van der Waals surface area contributed by atoms with Crippen LogP contribution in [0.3, 0.4) is 0 Å². The lowest BCUT2D eigenvalue weighted by Crippen LogP contribution is -2.28. The summed E-state index contributed by atoms with van der Waals surface area (Å²) in [6.07, 6.45) is 3.27. The highest BCUT2D eigenvalue weighted by Crippen LogP contribution is 2.37. The van der Waals surface area contributed by atoms with E-state index in [4.69, 9.17) is 4.74 Å². The van der Waals surface area contributed by atoms with Crippen molar-refractivity contribution in [2.75, 3.05) is 0 Å². The van der Waals surface area contributed by atoms with E-state index in [0.717, 1.165) is 18.9 Å². The quantitative estimate of drug-likeness (QED) is 0.629. The van der Waals surface area contributed by atoms with Crippen LogP contribution in [0.15, 0.2) is 23.1 Å². The molecule has 5 nitrogen and oxygen atoms in total. The first-order valence-electron chi connectivity index (χ1n) is 8.21. The van der Waals surface area contributed by atoms with E-state index in [0.29, 0.717) is 5.52 Å². The summed E-state index contributed by atoms with van der Waals surface area (Å²) < 4.78 is 21.3. The molecule has 1 fully saturated rings. The first-order valence-corrected chi connectivity index (χ1v) is 8.21. The molecule has 1 aromatic carbocycles. The summed E-state index contributed by atoms with van der Waals surface area (Å²) in [4.78, 5) is 36.7. The molecule has 0 unspecified atom stereocenters. The van der Waals surface area contributed by atoms with Gasteiger partial charge in [-0.2, -0.15) is 0 Å². The highest BCUT2D eigenvalue weighted by Gasteiger charge is 2.29. The van der Waals surface area contributed by atoms with Gasteiger partial charge in [-0.15, -0.1) is 0 Å². The topological polar surface area (TPSA) is 65.4 Å². The van der Waals surface area contributed by atoms with Crippen molar-refractivity contribution in [2.24, 2.45) is 0 Å². The van der Waals surface area contributed by atoms with Crippen molar-refractivity contribution in [3.8, 4) is 0 Å². The lowest BCUT2D eigenvalue weighted by atomic mass is 10.0. The number of halogens is 1. The third-order valence-electron chi connectivity index (χ3n) is 4.06. The zero-order valence-electron chi connectivity index (χ0n) is 14.7. The fraction of sp³-hybridized carbons (Fsp3) is 0.421. The van der Waals surface area contributed by atoms with E-state index < -0.39 is 28.6 Å². The van der Waals surface area contributed by atoms with Crippen LogP contribution in [0.25, 0.3) is 10.9 Å². The van der Waals surface area contributed by atoms with Crippen LogP contribution in [-0.2, 0) is 4.74 Å². The van der Waals surface area contributed by atoms with Crippen molar-refractivity contribution in [2.45, 2.75) is 52.2 Å². The Bertz CT molecular complexity index is 949. The molecule has 0 saturated heterocycles. The summed E-state index contributed by atoms with van der Waals surface area (Å²) in [6, 6.07) is 2.57. The van der Waals surface area contributed by atoms with Gasteiger partial charge in [0.25, 0.3) is 0 Å². The Balaban J connectivity index is 2.26. The zero-order valence-corrected chi connectivity index (χ0v) is 14.7. The largest absolute Gasteiger partial charge is 0.456 e. The van der Waals surface area contributed by atoms with E-state index in [1.165, 1.54) is 19.2 Å². The number of esters is 1. The third-order valence-corrected chi connectivity index (χ3v) is 4.06. The van der Waals surface area contributed by atoms with Gasteiger partial charge in [0.15, 0.2) is 5.78 Å². The number of rotatable bonds is 3. The Morgan fingerprint density at radius 3 is 2.36 bits per heavy atom. The highest BCUT2D eigenvalue weighted by molar-refractivity contribution is 5.99. The lowest BCUT2D eigenvalue weighted by molar-refractivity contribution is 0.00673.